The Morgan fingerprint density at radius 1 is 1.04 bits per heavy atom. The van der Waals surface area contributed by atoms with Crippen molar-refractivity contribution in [3.8, 4) is 16.9 Å². The maximum absolute atomic E-state index is 13.6. The molecule has 1 atom stereocenters. The second-order valence-corrected chi connectivity index (χ2v) is 6.92. The maximum atomic E-state index is 13.6. The van der Waals surface area contributed by atoms with Crippen molar-refractivity contribution < 1.29 is 13.9 Å². The number of rotatable bonds is 9. The third-order valence-electron chi connectivity index (χ3n) is 4.86. The topological polar surface area (TPSA) is 30.5 Å². The second kappa shape index (κ2) is 9.67. The van der Waals surface area contributed by atoms with Crippen LogP contribution in [0.15, 0.2) is 54.6 Å². The van der Waals surface area contributed by atoms with E-state index in [0.29, 0.717) is 13.2 Å². The summed E-state index contributed by atoms with van der Waals surface area (Å²) in [5.74, 6) is 0.586. The van der Waals surface area contributed by atoms with Crippen molar-refractivity contribution in [3.05, 3.63) is 66.0 Å². The molecule has 0 aliphatic heterocycles. The van der Waals surface area contributed by atoms with Gasteiger partial charge in [0.2, 0.25) is 0 Å². The average Bonchev–Trinajstić information content (AvgIpc) is 2.72. The number of hydrogen-bond donors (Lipinski definition) is 1. The third-order valence-corrected chi connectivity index (χ3v) is 4.86. The van der Waals surface area contributed by atoms with E-state index in [-0.39, 0.29) is 11.9 Å². The van der Waals surface area contributed by atoms with Crippen molar-refractivity contribution >= 4 is 10.8 Å². The van der Waals surface area contributed by atoms with E-state index in [9.17, 15) is 4.39 Å². The van der Waals surface area contributed by atoms with E-state index in [2.05, 4.69) is 37.4 Å². The zero-order chi connectivity index (χ0) is 19.9. The fourth-order valence-electron chi connectivity index (χ4n) is 3.43. The Kier molecular flexibility index (Phi) is 7.01. The highest BCUT2D eigenvalue weighted by Crippen LogP contribution is 2.42. The van der Waals surface area contributed by atoms with E-state index in [4.69, 9.17) is 9.47 Å². The average molecular weight is 381 g/mol. The lowest BCUT2D eigenvalue weighted by atomic mass is 9.92. The van der Waals surface area contributed by atoms with Crippen LogP contribution in [-0.4, -0.2) is 26.9 Å². The summed E-state index contributed by atoms with van der Waals surface area (Å²) < 4.78 is 25.0. The largest absolute Gasteiger partial charge is 0.490 e. The van der Waals surface area contributed by atoms with Crippen LogP contribution in [0.1, 0.15) is 31.9 Å². The van der Waals surface area contributed by atoms with Gasteiger partial charge in [-0.15, -0.1) is 0 Å². The quantitative estimate of drug-likeness (QED) is 0.480. The molecule has 28 heavy (non-hydrogen) atoms. The van der Waals surface area contributed by atoms with Gasteiger partial charge in [-0.2, -0.15) is 0 Å². The van der Waals surface area contributed by atoms with E-state index in [1.54, 1.807) is 7.11 Å². The first-order chi connectivity index (χ1) is 13.7. The summed E-state index contributed by atoms with van der Waals surface area (Å²) in [6.45, 7) is 6.19. The summed E-state index contributed by atoms with van der Waals surface area (Å²) in [4.78, 5) is 0. The highest BCUT2D eigenvalue weighted by atomic mass is 19.1. The minimum atomic E-state index is -0.246. The Morgan fingerprint density at radius 2 is 1.79 bits per heavy atom. The van der Waals surface area contributed by atoms with Crippen molar-refractivity contribution in [2.75, 3.05) is 26.9 Å². The first-order valence-corrected chi connectivity index (χ1v) is 9.82. The zero-order valence-electron chi connectivity index (χ0n) is 16.8. The number of fused-ring (bicyclic) bond motifs is 1. The van der Waals surface area contributed by atoms with E-state index in [0.717, 1.165) is 46.2 Å². The standard InChI is InChI=1S/C24H28FNO2/c1-4-13-26-17(2)22-16-19-7-5-6-8-21(19)23(24(22)28-15-14-27-3)18-9-11-20(25)12-10-18/h5-12,16-17,26H,4,13-15H2,1-3H3. The highest BCUT2D eigenvalue weighted by molar-refractivity contribution is 6.01. The molecule has 0 saturated heterocycles. The van der Waals surface area contributed by atoms with Gasteiger partial charge < -0.3 is 14.8 Å². The molecule has 3 nitrogen and oxygen atoms in total. The molecule has 1 N–H and O–H groups in total. The zero-order valence-corrected chi connectivity index (χ0v) is 16.8. The Labute approximate surface area is 166 Å². The number of benzene rings is 3. The smallest absolute Gasteiger partial charge is 0.132 e. The third kappa shape index (κ3) is 4.51. The fourth-order valence-corrected chi connectivity index (χ4v) is 3.43. The van der Waals surface area contributed by atoms with Crippen LogP contribution in [-0.2, 0) is 4.74 Å². The summed E-state index contributed by atoms with van der Waals surface area (Å²) in [5.41, 5.74) is 3.03. The number of nitrogens with one attached hydrogen (secondary N) is 1. The van der Waals surface area contributed by atoms with Crippen LogP contribution >= 0.6 is 0 Å². The minimum Gasteiger partial charge on any atom is -0.490 e. The van der Waals surface area contributed by atoms with Gasteiger partial charge in [-0.25, -0.2) is 4.39 Å². The van der Waals surface area contributed by atoms with Crippen molar-refractivity contribution in [2.24, 2.45) is 0 Å². The first-order valence-electron chi connectivity index (χ1n) is 9.82. The van der Waals surface area contributed by atoms with E-state index >= 15 is 0 Å². The molecule has 0 aromatic heterocycles. The SMILES string of the molecule is CCCNC(C)c1cc2ccccc2c(-c2ccc(F)cc2)c1OCCOC. The van der Waals surface area contributed by atoms with Crippen LogP contribution < -0.4 is 10.1 Å². The normalized spacial score (nSPS) is 12.3. The maximum Gasteiger partial charge on any atom is 0.132 e. The van der Waals surface area contributed by atoms with Crippen LogP contribution in [0.3, 0.4) is 0 Å². The van der Waals surface area contributed by atoms with Gasteiger partial charge in [0.25, 0.3) is 0 Å². The lowest BCUT2D eigenvalue weighted by Crippen LogP contribution is -2.20. The molecule has 3 aromatic carbocycles. The molecule has 0 aliphatic rings. The van der Waals surface area contributed by atoms with Crippen molar-refractivity contribution in [1.29, 1.82) is 0 Å². The van der Waals surface area contributed by atoms with Crippen LogP contribution in [0.25, 0.3) is 21.9 Å². The summed E-state index contributed by atoms with van der Waals surface area (Å²) in [5, 5.41) is 5.79. The minimum absolute atomic E-state index is 0.126. The fraction of sp³-hybridized carbons (Fsp3) is 0.333. The molecule has 148 valence electrons. The molecular formula is C24H28FNO2. The van der Waals surface area contributed by atoms with Gasteiger partial charge in [0.05, 0.1) is 6.61 Å². The summed E-state index contributed by atoms with van der Waals surface area (Å²) in [6.07, 6.45) is 1.06. The van der Waals surface area contributed by atoms with Crippen molar-refractivity contribution in [2.45, 2.75) is 26.3 Å². The van der Waals surface area contributed by atoms with E-state index in [1.807, 2.05) is 24.3 Å². The monoisotopic (exact) mass is 381 g/mol. The molecule has 0 saturated carbocycles. The van der Waals surface area contributed by atoms with Crippen LogP contribution in [0, 0.1) is 5.82 Å². The molecule has 0 fully saturated rings. The molecule has 4 heteroatoms. The highest BCUT2D eigenvalue weighted by Gasteiger charge is 2.20. The van der Waals surface area contributed by atoms with Crippen LogP contribution in [0.4, 0.5) is 4.39 Å². The molecule has 1 unspecified atom stereocenters. The van der Waals surface area contributed by atoms with E-state index < -0.39 is 0 Å². The summed E-state index contributed by atoms with van der Waals surface area (Å²) in [6, 6.07) is 17.2. The lowest BCUT2D eigenvalue weighted by molar-refractivity contribution is 0.146. The van der Waals surface area contributed by atoms with Gasteiger partial charge in [0, 0.05) is 24.3 Å². The first kappa shape index (κ1) is 20.3. The van der Waals surface area contributed by atoms with Crippen LogP contribution in [0.2, 0.25) is 0 Å². The Hall–Kier alpha value is -2.43. The van der Waals surface area contributed by atoms with Gasteiger partial charge in [0.15, 0.2) is 0 Å². The molecule has 0 heterocycles. The number of methoxy groups -OCH3 is 1. The molecule has 3 rings (SSSR count). The molecule has 0 amide bonds. The van der Waals surface area contributed by atoms with Crippen LogP contribution in [0.5, 0.6) is 5.75 Å². The summed E-state index contributed by atoms with van der Waals surface area (Å²) in [7, 11) is 1.66. The number of halogens is 1. The molecule has 3 aromatic rings. The number of hydrogen-bond acceptors (Lipinski definition) is 3. The summed E-state index contributed by atoms with van der Waals surface area (Å²) >= 11 is 0. The predicted molar refractivity (Wildman–Crippen MR) is 113 cm³/mol. The van der Waals surface area contributed by atoms with Crippen molar-refractivity contribution in [3.63, 3.8) is 0 Å². The van der Waals surface area contributed by atoms with Crippen molar-refractivity contribution in [1.82, 2.24) is 5.32 Å². The van der Waals surface area contributed by atoms with Gasteiger partial charge in [0.1, 0.15) is 18.2 Å². The lowest BCUT2D eigenvalue weighted by Gasteiger charge is -2.23. The Morgan fingerprint density at radius 3 is 2.50 bits per heavy atom. The van der Waals surface area contributed by atoms with Gasteiger partial charge in [-0.3, -0.25) is 0 Å². The van der Waals surface area contributed by atoms with Gasteiger partial charge in [-0.1, -0.05) is 43.3 Å². The predicted octanol–water partition coefficient (Wildman–Crippen LogP) is 5.73. The second-order valence-electron chi connectivity index (χ2n) is 6.92. The Bertz CT molecular complexity index is 908. The Balaban J connectivity index is 2.22. The number of ether oxygens (including phenoxy) is 2. The van der Waals surface area contributed by atoms with Gasteiger partial charge in [-0.05, 0) is 54.4 Å². The van der Waals surface area contributed by atoms with E-state index in [1.165, 1.54) is 12.1 Å². The molecular weight excluding hydrogens is 353 g/mol. The van der Waals surface area contributed by atoms with Gasteiger partial charge >= 0.3 is 0 Å². The molecule has 0 aliphatic carbocycles. The molecule has 0 radical (unpaired) electrons. The molecule has 0 spiro atoms. The molecule has 0 bridgehead atoms.